The fourth-order valence-corrected chi connectivity index (χ4v) is 3.59. The number of carbonyl (C=O) groups is 1. The Morgan fingerprint density at radius 2 is 1.82 bits per heavy atom. The third-order valence-electron chi connectivity index (χ3n) is 5.17. The summed E-state index contributed by atoms with van der Waals surface area (Å²) in [5.74, 6) is 0.799. The van der Waals surface area contributed by atoms with E-state index in [-0.39, 0.29) is 11.0 Å². The van der Waals surface area contributed by atoms with E-state index < -0.39 is 23.7 Å². The second kappa shape index (κ2) is 9.36. The van der Waals surface area contributed by atoms with E-state index >= 15 is 0 Å². The van der Waals surface area contributed by atoms with E-state index in [4.69, 9.17) is 21.1 Å². The molecule has 0 saturated carbocycles. The summed E-state index contributed by atoms with van der Waals surface area (Å²) in [5, 5.41) is 3.11. The highest BCUT2D eigenvalue weighted by molar-refractivity contribution is 6.31. The molecule has 0 aliphatic carbocycles. The molecular formula is C23H20ClN5O5. The van der Waals surface area contributed by atoms with Gasteiger partial charge in [-0.1, -0.05) is 11.6 Å². The third kappa shape index (κ3) is 4.35. The first-order chi connectivity index (χ1) is 16.3. The molecule has 0 bridgehead atoms. The number of aromatic nitrogens is 4. The number of amides is 1. The van der Waals surface area contributed by atoms with Crippen LogP contribution in [0.4, 0.5) is 5.69 Å². The topological polar surface area (TPSA) is 117 Å². The summed E-state index contributed by atoms with van der Waals surface area (Å²) in [7, 11) is 4.49. The lowest BCUT2D eigenvalue weighted by molar-refractivity contribution is -0.116. The molecule has 11 heteroatoms. The summed E-state index contributed by atoms with van der Waals surface area (Å²) in [5.41, 5.74) is -0.200. The molecule has 10 nitrogen and oxygen atoms in total. The molecular weight excluding hydrogens is 462 g/mol. The highest BCUT2D eigenvalue weighted by atomic mass is 35.5. The predicted molar refractivity (Wildman–Crippen MR) is 128 cm³/mol. The number of ether oxygens (including phenoxy) is 2. The molecule has 4 rings (SSSR count). The molecule has 2 heterocycles. The first-order valence-electron chi connectivity index (χ1n) is 10.1. The number of hydrogen-bond donors (Lipinski definition) is 1. The molecule has 34 heavy (non-hydrogen) atoms. The molecule has 1 amide bonds. The average Bonchev–Trinajstić information content (AvgIpc) is 2.85. The summed E-state index contributed by atoms with van der Waals surface area (Å²) < 4.78 is 12.4. The van der Waals surface area contributed by atoms with E-state index in [1.54, 1.807) is 43.5 Å². The van der Waals surface area contributed by atoms with E-state index in [1.807, 2.05) is 0 Å². The van der Waals surface area contributed by atoms with E-state index in [0.717, 1.165) is 4.57 Å². The number of hydrogen-bond acceptors (Lipinski definition) is 7. The van der Waals surface area contributed by atoms with Crippen LogP contribution in [0.25, 0.3) is 22.4 Å². The van der Waals surface area contributed by atoms with Crippen molar-refractivity contribution < 1.29 is 14.3 Å². The maximum absolute atomic E-state index is 13.0. The van der Waals surface area contributed by atoms with Gasteiger partial charge in [-0.3, -0.25) is 18.7 Å². The van der Waals surface area contributed by atoms with Crippen LogP contribution in [-0.4, -0.2) is 39.2 Å². The van der Waals surface area contributed by atoms with Crippen LogP contribution in [-0.2, 0) is 18.4 Å². The molecule has 0 fully saturated rings. The van der Waals surface area contributed by atoms with Gasteiger partial charge in [0, 0.05) is 23.8 Å². The summed E-state index contributed by atoms with van der Waals surface area (Å²) in [4.78, 5) is 47.3. The highest BCUT2D eigenvalue weighted by Crippen LogP contribution is 2.27. The third-order valence-corrected chi connectivity index (χ3v) is 5.40. The first-order valence-corrected chi connectivity index (χ1v) is 10.4. The Morgan fingerprint density at radius 3 is 2.50 bits per heavy atom. The van der Waals surface area contributed by atoms with Crippen LogP contribution in [0.15, 0.2) is 58.3 Å². The van der Waals surface area contributed by atoms with Crippen molar-refractivity contribution in [1.82, 2.24) is 19.1 Å². The van der Waals surface area contributed by atoms with Crippen LogP contribution in [0, 0.1) is 0 Å². The van der Waals surface area contributed by atoms with Gasteiger partial charge in [0.1, 0.15) is 23.4 Å². The van der Waals surface area contributed by atoms with Crippen LogP contribution in [0.5, 0.6) is 11.5 Å². The van der Waals surface area contributed by atoms with Gasteiger partial charge in [0.05, 0.1) is 19.9 Å². The number of carbonyl (C=O) groups excluding carboxylic acids is 1. The van der Waals surface area contributed by atoms with Gasteiger partial charge in [0.2, 0.25) is 5.91 Å². The van der Waals surface area contributed by atoms with Crippen LogP contribution < -0.4 is 26.0 Å². The van der Waals surface area contributed by atoms with E-state index in [1.165, 1.54) is 31.0 Å². The van der Waals surface area contributed by atoms with Crippen LogP contribution in [0.1, 0.15) is 0 Å². The van der Waals surface area contributed by atoms with Gasteiger partial charge in [-0.25, -0.2) is 14.8 Å². The number of fused-ring (bicyclic) bond motifs is 1. The van der Waals surface area contributed by atoms with E-state index in [9.17, 15) is 14.4 Å². The summed E-state index contributed by atoms with van der Waals surface area (Å²) in [6.45, 7) is -0.517. The molecule has 0 aliphatic rings. The number of nitrogens with one attached hydrogen (secondary N) is 1. The predicted octanol–water partition coefficient (Wildman–Crippen LogP) is 2.47. The molecule has 0 saturated heterocycles. The zero-order valence-electron chi connectivity index (χ0n) is 18.5. The smallest absolute Gasteiger partial charge is 0.332 e. The maximum atomic E-state index is 13.0. The molecule has 0 spiro atoms. The fourth-order valence-electron chi connectivity index (χ4n) is 3.41. The van der Waals surface area contributed by atoms with Crippen molar-refractivity contribution >= 4 is 34.2 Å². The largest absolute Gasteiger partial charge is 0.497 e. The van der Waals surface area contributed by atoms with E-state index in [0.29, 0.717) is 33.6 Å². The van der Waals surface area contributed by atoms with Gasteiger partial charge < -0.3 is 14.8 Å². The molecule has 0 radical (unpaired) electrons. The number of nitrogens with zero attached hydrogens (tertiary/aromatic N) is 4. The highest BCUT2D eigenvalue weighted by Gasteiger charge is 2.17. The number of halogens is 1. The molecule has 2 aromatic heterocycles. The van der Waals surface area contributed by atoms with Gasteiger partial charge in [-0.2, -0.15) is 0 Å². The van der Waals surface area contributed by atoms with Crippen molar-refractivity contribution in [3.8, 4) is 22.9 Å². The Bertz CT molecular complexity index is 1510. The summed E-state index contributed by atoms with van der Waals surface area (Å²) in [6.07, 6.45) is 1.35. The molecule has 0 aliphatic heterocycles. The van der Waals surface area contributed by atoms with Crippen molar-refractivity contribution in [3.05, 3.63) is 74.5 Å². The zero-order chi connectivity index (χ0) is 24.4. The molecule has 174 valence electrons. The minimum absolute atomic E-state index is 0.104. The maximum Gasteiger partial charge on any atom is 0.332 e. The zero-order valence-corrected chi connectivity index (χ0v) is 19.3. The lowest BCUT2D eigenvalue weighted by Crippen LogP contribution is -2.42. The van der Waals surface area contributed by atoms with Crippen molar-refractivity contribution in [2.24, 2.45) is 7.05 Å². The van der Waals surface area contributed by atoms with Gasteiger partial charge in [-0.15, -0.1) is 0 Å². The van der Waals surface area contributed by atoms with Gasteiger partial charge in [0.15, 0.2) is 11.5 Å². The minimum atomic E-state index is -0.690. The molecule has 2 aromatic carbocycles. The van der Waals surface area contributed by atoms with Crippen LogP contribution in [0.3, 0.4) is 0 Å². The Balaban J connectivity index is 1.69. The van der Waals surface area contributed by atoms with Crippen LogP contribution >= 0.6 is 11.6 Å². The molecule has 0 unspecified atom stereocenters. The van der Waals surface area contributed by atoms with E-state index in [2.05, 4.69) is 15.3 Å². The standard InChI is InChI=1S/C23H20ClN5O5/c1-28-21-16(11-25-20(27-21)13-4-7-15(33-2)8-5-13)22(31)29(23(28)32)12-19(30)26-17-10-14(24)6-9-18(17)34-3/h4-11H,12H2,1-3H3,(H,26,30). The number of anilines is 1. The van der Waals surface area contributed by atoms with Gasteiger partial charge >= 0.3 is 5.69 Å². The molecule has 4 aromatic rings. The Morgan fingerprint density at radius 1 is 1.09 bits per heavy atom. The van der Waals surface area contributed by atoms with Crippen molar-refractivity contribution in [3.63, 3.8) is 0 Å². The van der Waals surface area contributed by atoms with Crippen molar-refractivity contribution in [2.45, 2.75) is 6.54 Å². The number of rotatable bonds is 6. The molecule has 0 atom stereocenters. The lowest BCUT2D eigenvalue weighted by atomic mass is 10.2. The number of methoxy groups -OCH3 is 2. The number of benzene rings is 2. The SMILES string of the molecule is COc1ccc(-c2ncc3c(=O)n(CC(=O)Nc4cc(Cl)ccc4OC)c(=O)n(C)c3n2)cc1. The Hall–Kier alpha value is -4.18. The second-order valence-corrected chi connectivity index (χ2v) is 7.72. The Kier molecular flexibility index (Phi) is 6.33. The van der Waals surface area contributed by atoms with Crippen molar-refractivity contribution in [2.75, 3.05) is 19.5 Å². The van der Waals surface area contributed by atoms with Crippen molar-refractivity contribution in [1.29, 1.82) is 0 Å². The number of aryl methyl sites for hydroxylation is 1. The summed E-state index contributed by atoms with van der Waals surface area (Å²) >= 11 is 5.99. The second-order valence-electron chi connectivity index (χ2n) is 7.29. The lowest BCUT2D eigenvalue weighted by Gasteiger charge is -2.13. The fraction of sp³-hybridized carbons (Fsp3) is 0.174. The van der Waals surface area contributed by atoms with Gasteiger partial charge in [-0.05, 0) is 42.5 Å². The normalized spacial score (nSPS) is 10.8. The Labute approximate surface area is 198 Å². The minimum Gasteiger partial charge on any atom is -0.497 e. The first kappa shape index (κ1) is 23.0. The summed E-state index contributed by atoms with van der Waals surface area (Å²) in [6, 6.07) is 11.8. The average molecular weight is 482 g/mol. The molecule has 1 N–H and O–H groups in total. The quantitative estimate of drug-likeness (QED) is 0.449. The van der Waals surface area contributed by atoms with Gasteiger partial charge in [0.25, 0.3) is 5.56 Å². The van der Waals surface area contributed by atoms with Crippen LogP contribution in [0.2, 0.25) is 5.02 Å². The monoisotopic (exact) mass is 481 g/mol.